The van der Waals surface area contributed by atoms with Crippen LogP contribution < -0.4 is 0 Å². The molecule has 0 aliphatic heterocycles. The zero-order valence-corrected chi connectivity index (χ0v) is 44.0. The van der Waals surface area contributed by atoms with Gasteiger partial charge in [0.1, 0.15) is 13.2 Å². The van der Waals surface area contributed by atoms with Crippen LogP contribution in [0.4, 0.5) is 0 Å². The molecule has 0 spiro atoms. The van der Waals surface area contributed by atoms with Crippen LogP contribution in [0.2, 0.25) is 0 Å². The lowest BCUT2D eigenvalue weighted by Gasteiger charge is -2.18. The second-order valence-electron chi connectivity index (χ2n) is 19.2. The molecule has 0 amide bonds. The van der Waals surface area contributed by atoms with Crippen LogP contribution in [-0.2, 0) is 28.6 Å². The summed E-state index contributed by atoms with van der Waals surface area (Å²) in [6, 6.07) is 0. The third-order valence-electron chi connectivity index (χ3n) is 12.6. The maximum Gasteiger partial charge on any atom is 0.306 e. The van der Waals surface area contributed by atoms with Gasteiger partial charge in [-0.15, -0.1) is 0 Å². The SMILES string of the molecule is CCCCC/C=C\C/C=C\C/C=C\CCCCCCC(=O)O[C@@H](COC(=O)CCCCCCCCC/C=C\CCCCCCCCCC)COC(=O)CCCCCCCCCCCCCC. The van der Waals surface area contributed by atoms with E-state index in [1.54, 1.807) is 0 Å². The summed E-state index contributed by atoms with van der Waals surface area (Å²) in [7, 11) is 0. The molecule has 0 aromatic rings. The van der Waals surface area contributed by atoms with Gasteiger partial charge in [-0.2, -0.15) is 0 Å². The number of carbonyl (C=O) groups is 3. The Morgan fingerprint density at radius 1 is 0.303 bits per heavy atom. The molecule has 0 aliphatic carbocycles. The molecule has 6 heteroatoms. The van der Waals surface area contributed by atoms with Crippen molar-refractivity contribution in [3.8, 4) is 0 Å². The quantitative estimate of drug-likeness (QED) is 0.0262. The molecule has 0 radical (unpaired) electrons. The Morgan fingerprint density at radius 3 is 0.894 bits per heavy atom. The van der Waals surface area contributed by atoms with E-state index in [1.807, 2.05) is 0 Å². The Hall–Kier alpha value is -2.63. The monoisotopic (exact) mass is 925 g/mol. The first-order valence-electron chi connectivity index (χ1n) is 28.6. The van der Waals surface area contributed by atoms with Crippen LogP contribution in [0.1, 0.15) is 297 Å². The number of hydrogen-bond donors (Lipinski definition) is 0. The van der Waals surface area contributed by atoms with Gasteiger partial charge in [-0.25, -0.2) is 0 Å². The number of unbranched alkanes of at least 4 members (excludes halogenated alkanes) is 33. The fraction of sp³-hybridized carbons (Fsp3) is 0.817. The first-order chi connectivity index (χ1) is 32.5. The molecule has 0 aromatic carbocycles. The van der Waals surface area contributed by atoms with Crippen molar-refractivity contribution in [3.05, 3.63) is 48.6 Å². The van der Waals surface area contributed by atoms with Gasteiger partial charge in [0.15, 0.2) is 6.10 Å². The number of allylic oxidation sites excluding steroid dienone is 8. The summed E-state index contributed by atoms with van der Waals surface area (Å²) in [5, 5.41) is 0. The fourth-order valence-corrected chi connectivity index (χ4v) is 8.21. The Labute approximate surface area is 409 Å². The lowest BCUT2D eigenvalue weighted by Crippen LogP contribution is -2.30. The predicted molar refractivity (Wildman–Crippen MR) is 284 cm³/mol. The average molecular weight is 926 g/mol. The largest absolute Gasteiger partial charge is 0.462 e. The third-order valence-corrected chi connectivity index (χ3v) is 12.6. The highest BCUT2D eigenvalue weighted by atomic mass is 16.6. The number of hydrogen-bond acceptors (Lipinski definition) is 6. The minimum Gasteiger partial charge on any atom is -0.462 e. The maximum atomic E-state index is 12.8. The lowest BCUT2D eigenvalue weighted by atomic mass is 10.0. The van der Waals surface area contributed by atoms with Crippen LogP contribution in [0.25, 0.3) is 0 Å². The highest BCUT2D eigenvalue weighted by Gasteiger charge is 2.19. The summed E-state index contributed by atoms with van der Waals surface area (Å²) in [6.45, 7) is 6.61. The Balaban J connectivity index is 4.37. The number of esters is 3. The van der Waals surface area contributed by atoms with E-state index in [0.29, 0.717) is 19.3 Å². The highest BCUT2D eigenvalue weighted by molar-refractivity contribution is 5.71. The van der Waals surface area contributed by atoms with Gasteiger partial charge >= 0.3 is 17.9 Å². The zero-order valence-electron chi connectivity index (χ0n) is 44.0. The van der Waals surface area contributed by atoms with Gasteiger partial charge in [-0.1, -0.05) is 243 Å². The highest BCUT2D eigenvalue weighted by Crippen LogP contribution is 2.16. The van der Waals surface area contributed by atoms with Crippen LogP contribution >= 0.6 is 0 Å². The summed E-state index contributed by atoms with van der Waals surface area (Å²) in [5.74, 6) is -0.895. The van der Waals surface area contributed by atoms with E-state index in [1.165, 1.54) is 173 Å². The van der Waals surface area contributed by atoms with Crippen molar-refractivity contribution in [1.82, 2.24) is 0 Å². The Bertz CT molecular complexity index is 1150. The molecule has 6 nitrogen and oxygen atoms in total. The zero-order chi connectivity index (χ0) is 47.9. The molecule has 0 aliphatic rings. The maximum absolute atomic E-state index is 12.8. The Morgan fingerprint density at radius 2 is 0.545 bits per heavy atom. The molecule has 66 heavy (non-hydrogen) atoms. The average Bonchev–Trinajstić information content (AvgIpc) is 3.31. The van der Waals surface area contributed by atoms with E-state index < -0.39 is 6.10 Å². The second kappa shape index (κ2) is 55.0. The van der Waals surface area contributed by atoms with Crippen LogP contribution in [0.5, 0.6) is 0 Å². The predicted octanol–water partition coefficient (Wildman–Crippen LogP) is 19.0. The van der Waals surface area contributed by atoms with Gasteiger partial charge in [0.2, 0.25) is 0 Å². The van der Waals surface area contributed by atoms with E-state index in [4.69, 9.17) is 14.2 Å². The van der Waals surface area contributed by atoms with Crippen LogP contribution in [0.3, 0.4) is 0 Å². The number of ether oxygens (including phenoxy) is 3. The van der Waals surface area contributed by atoms with Gasteiger partial charge in [0.05, 0.1) is 0 Å². The topological polar surface area (TPSA) is 78.9 Å². The summed E-state index contributed by atoms with van der Waals surface area (Å²) in [5.41, 5.74) is 0. The van der Waals surface area contributed by atoms with Crippen molar-refractivity contribution in [2.24, 2.45) is 0 Å². The van der Waals surface area contributed by atoms with Crippen LogP contribution in [0.15, 0.2) is 48.6 Å². The summed E-state index contributed by atoms with van der Waals surface area (Å²) >= 11 is 0. The van der Waals surface area contributed by atoms with Crippen molar-refractivity contribution in [2.75, 3.05) is 13.2 Å². The first-order valence-corrected chi connectivity index (χ1v) is 28.6. The molecular formula is C60H108O6. The molecule has 0 N–H and O–H groups in total. The van der Waals surface area contributed by atoms with E-state index in [-0.39, 0.29) is 31.1 Å². The molecular weight excluding hydrogens is 817 g/mol. The fourth-order valence-electron chi connectivity index (χ4n) is 8.21. The van der Waals surface area contributed by atoms with Crippen molar-refractivity contribution in [1.29, 1.82) is 0 Å². The summed E-state index contributed by atoms with van der Waals surface area (Å²) < 4.78 is 16.8. The number of carbonyl (C=O) groups excluding carboxylic acids is 3. The van der Waals surface area contributed by atoms with E-state index in [2.05, 4.69) is 69.4 Å². The molecule has 1 atom stereocenters. The second-order valence-corrected chi connectivity index (χ2v) is 19.2. The molecule has 0 bridgehead atoms. The molecule has 0 unspecified atom stereocenters. The summed E-state index contributed by atoms with van der Waals surface area (Å²) in [4.78, 5) is 38.1. The first kappa shape index (κ1) is 63.4. The standard InChI is InChI=1S/C60H108O6/c1-4-7-10-13-16-19-22-25-27-29-30-32-33-35-38-41-44-47-50-53-59(62)65-56-57(55-64-58(61)52-49-46-43-40-37-24-21-18-15-12-9-6-3)66-60(63)54-51-48-45-42-39-36-34-31-28-26-23-20-17-14-11-8-5-2/h17,20,26,28-30,34,36,57H,4-16,18-19,21-25,27,31-33,35,37-56H2,1-3H3/b20-17-,28-26-,30-29-,36-34-/t57-/m1/s1. The van der Waals surface area contributed by atoms with Crippen LogP contribution in [0, 0.1) is 0 Å². The molecule has 0 fully saturated rings. The van der Waals surface area contributed by atoms with Crippen LogP contribution in [-0.4, -0.2) is 37.2 Å². The van der Waals surface area contributed by atoms with Gasteiger partial charge in [-0.3, -0.25) is 14.4 Å². The normalized spacial score (nSPS) is 12.3. The van der Waals surface area contributed by atoms with Gasteiger partial charge in [0.25, 0.3) is 0 Å². The molecule has 0 saturated carbocycles. The van der Waals surface area contributed by atoms with E-state index >= 15 is 0 Å². The third kappa shape index (κ3) is 52.3. The minimum absolute atomic E-state index is 0.0809. The van der Waals surface area contributed by atoms with Gasteiger partial charge < -0.3 is 14.2 Å². The lowest BCUT2D eigenvalue weighted by molar-refractivity contribution is -0.167. The van der Waals surface area contributed by atoms with Gasteiger partial charge in [0, 0.05) is 19.3 Å². The number of rotatable bonds is 52. The van der Waals surface area contributed by atoms with Crippen molar-refractivity contribution in [2.45, 2.75) is 303 Å². The molecule has 384 valence electrons. The van der Waals surface area contributed by atoms with E-state index in [0.717, 1.165) is 83.5 Å². The van der Waals surface area contributed by atoms with Crippen molar-refractivity contribution >= 4 is 17.9 Å². The van der Waals surface area contributed by atoms with Crippen molar-refractivity contribution in [3.63, 3.8) is 0 Å². The molecule has 0 heterocycles. The van der Waals surface area contributed by atoms with E-state index in [9.17, 15) is 14.4 Å². The smallest absolute Gasteiger partial charge is 0.306 e. The molecule has 0 saturated heterocycles. The van der Waals surface area contributed by atoms with Crippen molar-refractivity contribution < 1.29 is 28.6 Å². The van der Waals surface area contributed by atoms with Gasteiger partial charge in [-0.05, 0) is 83.5 Å². The Kier molecular flexibility index (Phi) is 52.8. The molecule has 0 aromatic heterocycles. The molecule has 0 rings (SSSR count). The summed E-state index contributed by atoms with van der Waals surface area (Å²) in [6.07, 6.45) is 66.7. The minimum atomic E-state index is -0.784.